The SMILES string of the molecule is CC(C)(C)c1cc([N-]c2cc(Cl)cc(Cl)c2)c([O-])c(C(C)(C)C)c1.[Os+2].c1ccc(N=Nc2ccccn2)cc1.c1ccc(N=Nc2ccccn2)cc1. The van der Waals surface area contributed by atoms with Crippen molar-refractivity contribution in [3.8, 4) is 5.75 Å². The number of hydrogen-bond donors (Lipinski definition) is 0. The molecule has 0 unspecified atom stereocenters. The van der Waals surface area contributed by atoms with Crippen LogP contribution in [0.3, 0.4) is 0 Å². The van der Waals surface area contributed by atoms with Crippen molar-refractivity contribution in [2.24, 2.45) is 20.5 Å². The fraction of sp³-hybridized carbons (Fsp3) is 0.190. The fourth-order valence-corrected chi connectivity index (χ4v) is 4.98. The van der Waals surface area contributed by atoms with E-state index in [9.17, 15) is 5.11 Å². The molecular formula is C42H41Cl2N7OOs. The zero-order chi connectivity index (χ0) is 37.6. The van der Waals surface area contributed by atoms with Crippen LogP contribution >= 0.6 is 23.2 Å². The predicted octanol–water partition coefficient (Wildman–Crippen LogP) is 14.0. The number of benzene rings is 4. The topological polar surface area (TPSA) is 112 Å². The molecule has 8 nitrogen and oxygen atoms in total. The van der Waals surface area contributed by atoms with E-state index in [0.717, 1.165) is 22.5 Å². The summed E-state index contributed by atoms with van der Waals surface area (Å²) in [5, 5.41) is 34.5. The molecule has 2 heterocycles. The molecular weight excluding hydrogens is 880 g/mol. The van der Waals surface area contributed by atoms with Crippen molar-refractivity contribution in [1.82, 2.24) is 9.97 Å². The third-order valence-corrected chi connectivity index (χ3v) is 7.62. The standard InChI is InChI=1S/C20H24Cl2NO.2C11H9N3.Os/c1-19(2,3)12-7-16(20(4,5)6)18(24)17(8-12)23-15-10-13(21)9-14(22)11-15;2*1-2-6-10(7-3-1)13-14-11-8-4-5-9-12-11;/h7-11,24H,1-6H3;2*1-9H;/q-1;;;+2/p-1. The summed E-state index contributed by atoms with van der Waals surface area (Å²) in [6.07, 6.45) is 3.39. The maximum Gasteiger partial charge on any atom is 2.00 e. The number of halogens is 2. The minimum absolute atomic E-state index is 0. The van der Waals surface area contributed by atoms with Crippen LogP contribution in [-0.2, 0) is 30.6 Å². The van der Waals surface area contributed by atoms with Crippen molar-refractivity contribution in [3.63, 3.8) is 0 Å². The van der Waals surface area contributed by atoms with Gasteiger partial charge in [0, 0.05) is 22.4 Å². The molecule has 53 heavy (non-hydrogen) atoms. The molecule has 2 aromatic heterocycles. The van der Waals surface area contributed by atoms with Gasteiger partial charge in [0.15, 0.2) is 11.6 Å². The summed E-state index contributed by atoms with van der Waals surface area (Å²) in [5.74, 6) is 1.19. The summed E-state index contributed by atoms with van der Waals surface area (Å²) >= 11 is 12.1. The molecule has 272 valence electrons. The Morgan fingerprint density at radius 1 is 0.547 bits per heavy atom. The summed E-state index contributed by atoms with van der Waals surface area (Å²) in [7, 11) is 0. The Bertz CT molecular complexity index is 1870. The quantitative estimate of drug-likeness (QED) is 0.155. The van der Waals surface area contributed by atoms with E-state index in [0.29, 0.717) is 33.1 Å². The molecule has 0 aliphatic rings. The van der Waals surface area contributed by atoms with Crippen LogP contribution in [0.5, 0.6) is 5.75 Å². The van der Waals surface area contributed by atoms with Gasteiger partial charge in [0.2, 0.25) is 0 Å². The smallest absolute Gasteiger partial charge is 0.873 e. The fourth-order valence-electron chi connectivity index (χ4n) is 4.46. The van der Waals surface area contributed by atoms with Gasteiger partial charge in [-0.1, -0.05) is 143 Å². The van der Waals surface area contributed by atoms with Gasteiger partial charge < -0.3 is 10.4 Å². The van der Waals surface area contributed by atoms with E-state index < -0.39 is 0 Å². The molecule has 4 aromatic carbocycles. The number of azo groups is 2. The van der Waals surface area contributed by atoms with Gasteiger partial charge in [0.25, 0.3) is 0 Å². The Morgan fingerprint density at radius 2 is 1.00 bits per heavy atom. The Hall–Kier alpha value is -4.80. The zero-order valence-corrected chi connectivity index (χ0v) is 34.5. The van der Waals surface area contributed by atoms with Gasteiger partial charge in [-0.15, -0.1) is 37.6 Å². The van der Waals surface area contributed by atoms with Crippen LogP contribution in [0, 0.1) is 0 Å². The molecule has 0 radical (unpaired) electrons. The Morgan fingerprint density at radius 3 is 1.40 bits per heavy atom. The van der Waals surface area contributed by atoms with Gasteiger partial charge in [0.1, 0.15) is 0 Å². The summed E-state index contributed by atoms with van der Waals surface area (Å²) in [6.45, 7) is 12.5. The number of pyridine rings is 2. The van der Waals surface area contributed by atoms with Crippen molar-refractivity contribution >= 4 is 57.6 Å². The Labute approximate surface area is 335 Å². The van der Waals surface area contributed by atoms with E-state index in [1.807, 2.05) is 130 Å². The van der Waals surface area contributed by atoms with Crippen LogP contribution in [0.15, 0.2) is 160 Å². The van der Waals surface area contributed by atoms with Gasteiger partial charge in [0.05, 0.1) is 11.4 Å². The molecule has 0 amide bonds. The maximum atomic E-state index is 12.9. The monoisotopic (exact) mass is 921 g/mol. The van der Waals surface area contributed by atoms with Crippen molar-refractivity contribution in [3.05, 3.63) is 166 Å². The van der Waals surface area contributed by atoms with Crippen molar-refractivity contribution in [2.75, 3.05) is 0 Å². The van der Waals surface area contributed by atoms with E-state index in [1.54, 1.807) is 30.6 Å². The van der Waals surface area contributed by atoms with E-state index in [-0.39, 0.29) is 36.4 Å². The van der Waals surface area contributed by atoms with Crippen LogP contribution in [0.25, 0.3) is 5.32 Å². The van der Waals surface area contributed by atoms with Gasteiger partial charge in [-0.2, -0.15) is 0 Å². The minimum Gasteiger partial charge on any atom is -0.873 e. The van der Waals surface area contributed by atoms with Crippen molar-refractivity contribution in [1.29, 1.82) is 0 Å². The second-order valence-corrected chi connectivity index (χ2v) is 14.4. The molecule has 0 aliphatic heterocycles. The number of hydrogen-bond acceptors (Lipinski definition) is 7. The Kier molecular flexibility index (Phi) is 16.4. The largest absolute Gasteiger partial charge is 2.00 e. The molecule has 0 atom stereocenters. The van der Waals surface area contributed by atoms with Crippen LogP contribution in [0.4, 0.5) is 34.4 Å². The summed E-state index contributed by atoms with van der Waals surface area (Å²) in [5.41, 5.74) is 4.18. The Balaban J connectivity index is 0.000000224. The number of nitrogens with zero attached hydrogens (tertiary/aromatic N) is 7. The number of rotatable bonds is 6. The van der Waals surface area contributed by atoms with E-state index in [4.69, 9.17) is 23.2 Å². The zero-order valence-electron chi connectivity index (χ0n) is 30.4. The second-order valence-electron chi connectivity index (χ2n) is 13.6. The molecule has 6 rings (SSSR count). The molecule has 6 aromatic rings. The van der Waals surface area contributed by atoms with E-state index in [2.05, 4.69) is 56.5 Å². The molecule has 0 aliphatic carbocycles. The molecule has 0 saturated heterocycles. The number of aromatic nitrogens is 2. The van der Waals surface area contributed by atoms with Gasteiger partial charge >= 0.3 is 19.8 Å². The second kappa shape index (κ2) is 20.4. The van der Waals surface area contributed by atoms with E-state index in [1.165, 1.54) is 0 Å². The first-order valence-corrected chi connectivity index (χ1v) is 17.3. The third-order valence-electron chi connectivity index (χ3n) is 7.19. The van der Waals surface area contributed by atoms with E-state index >= 15 is 0 Å². The normalized spacial score (nSPS) is 11.2. The summed E-state index contributed by atoms with van der Waals surface area (Å²) in [6, 6.07) is 39.2. The van der Waals surface area contributed by atoms with Crippen LogP contribution in [-0.4, -0.2) is 9.97 Å². The molecule has 0 fully saturated rings. The molecule has 0 spiro atoms. The van der Waals surface area contributed by atoms with Crippen LogP contribution in [0.1, 0.15) is 52.7 Å². The van der Waals surface area contributed by atoms with Gasteiger partial charge in [-0.3, -0.25) is 0 Å². The first kappa shape index (κ1) is 42.6. The van der Waals surface area contributed by atoms with Crippen LogP contribution < -0.4 is 5.11 Å². The average Bonchev–Trinajstić information content (AvgIpc) is 3.12. The van der Waals surface area contributed by atoms with Crippen molar-refractivity contribution in [2.45, 2.75) is 52.4 Å². The summed E-state index contributed by atoms with van der Waals surface area (Å²) < 4.78 is 0. The third kappa shape index (κ3) is 14.6. The van der Waals surface area contributed by atoms with Gasteiger partial charge in [-0.25, -0.2) is 9.97 Å². The average molecular weight is 921 g/mol. The first-order chi connectivity index (χ1) is 24.8. The predicted molar refractivity (Wildman–Crippen MR) is 212 cm³/mol. The van der Waals surface area contributed by atoms with Crippen molar-refractivity contribution < 1.29 is 24.9 Å². The first-order valence-electron chi connectivity index (χ1n) is 16.6. The van der Waals surface area contributed by atoms with Crippen LogP contribution in [0.2, 0.25) is 10.0 Å². The maximum absolute atomic E-state index is 12.9. The van der Waals surface area contributed by atoms with Gasteiger partial charge in [-0.05, 0) is 71.0 Å². The molecule has 0 bridgehead atoms. The minimum atomic E-state index is -0.255. The molecule has 11 heteroatoms. The molecule has 0 N–H and O–H groups in total. The molecule has 0 saturated carbocycles. The summed E-state index contributed by atoms with van der Waals surface area (Å²) in [4.78, 5) is 8.07.